The molecule has 0 aliphatic carbocycles. The van der Waals surface area contributed by atoms with E-state index < -0.39 is 10.8 Å². The van der Waals surface area contributed by atoms with Crippen molar-refractivity contribution in [2.45, 2.75) is 41.5 Å². The molecule has 0 spiro atoms. The molecule has 2 amide bonds. The number of amides is 2. The van der Waals surface area contributed by atoms with Gasteiger partial charge in [-0.15, -0.1) is 11.8 Å². The van der Waals surface area contributed by atoms with E-state index in [0.29, 0.717) is 16.6 Å². The zero-order valence-corrected chi connectivity index (χ0v) is 26.9. The number of nitrogens with zero attached hydrogens (tertiary/aromatic N) is 2. The number of likely N-dealkylation sites (tertiary alicyclic amines) is 1. The van der Waals surface area contributed by atoms with Gasteiger partial charge in [-0.1, -0.05) is 59.6 Å². The van der Waals surface area contributed by atoms with Crippen molar-refractivity contribution in [2.24, 2.45) is 0 Å². The quantitative estimate of drug-likeness (QED) is 0.183. The predicted molar refractivity (Wildman–Crippen MR) is 177 cm³/mol. The number of benzene rings is 3. The lowest BCUT2D eigenvalue weighted by atomic mass is 9.90. The van der Waals surface area contributed by atoms with Crippen LogP contribution < -0.4 is 5.32 Å². The molecule has 10 heteroatoms. The topological polar surface area (TPSA) is 77.7 Å². The lowest BCUT2D eigenvalue weighted by molar-refractivity contribution is -0.131. The van der Waals surface area contributed by atoms with Gasteiger partial charge in [-0.25, -0.2) is 0 Å². The van der Waals surface area contributed by atoms with Crippen molar-refractivity contribution in [3.05, 3.63) is 100 Å². The Hall–Kier alpha value is -3.01. The molecule has 4 aromatic rings. The van der Waals surface area contributed by atoms with E-state index in [0.717, 1.165) is 66.2 Å². The highest BCUT2D eigenvalue weighted by atomic mass is 35.5. The Balaban J connectivity index is 1.41. The first-order valence-electron chi connectivity index (χ1n) is 15.0. The van der Waals surface area contributed by atoms with E-state index in [9.17, 15) is 9.59 Å². The highest BCUT2D eigenvalue weighted by molar-refractivity contribution is 8.01. The van der Waals surface area contributed by atoms with Gasteiger partial charge in [-0.3, -0.25) is 14.5 Å². The van der Waals surface area contributed by atoms with Gasteiger partial charge in [-0.05, 0) is 61.9 Å². The summed E-state index contributed by atoms with van der Waals surface area (Å²) in [5.41, 5.74) is 2.69. The first-order valence-corrected chi connectivity index (χ1v) is 16.6. The van der Waals surface area contributed by atoms with E-state index in [1.807, 2.05) is 90.8 Å². The summed E-state index contributed by atoms with van der Waals surface area (Å²) >= 11 is 14.0. The van der Waals surface area contributed by atoms with E-state index in [2.05, 4.69) is 15.2 Å². The van der Waals surface area contributed by atoms with Gasteiger partial charge in [0.25, 0.3) is 0 Å². The molecule has 0 bridgehead atoms. The first-order chi connectivity index (χ1) is 21.4. The maximum atomic E-state index is 14.6. The average molecular weight is 652 g/mol. The minimum Gasteiger partial charge on any atom is -0.379 e. The molecular weight excluding hydrogens is 615 g/mol. The van der Waals surface area contributed by atoms with E-state index in [1.54, 1.807) is 0 Å². The molecule has 1 aromatic heterocycles. The summed E-state index contributed by atoms with van der Waals surface area (Å²) < 4.78 is 4.34. The first kappa shape index (κ1) is 31.0. The van der Waals surface area contributed by atoms with Crippen molar-refractivity contribution in [3.8, 4) is 0 Å². The van der Waals surface area contributed by atoms with Crippen LogP contribution in [0.2, 0.25) is 10.0 Å². The molecular formula is C34H36Cl2N4O3S. The second-order valence-electron chi connectivity index (χ2n) is 11.4. The molecule has 0 saturated carbocycles. The summed E-state index contributed by atoms with van der Waals surface area (Å²) in [6.07, 6.45) is 2.80. The van der Waals surface area contributed by atoms with Gasteiger partial charge in [0.15, 0.2) is 0 Å². The number of aromatic nitrogens is 1. The average Bonchev–Trinajstić information content (AvgIpc) is 3.57. The van der Waals surface area contributed by atoms with Crippen LogP contribution in [0.25, 0.3) is 10.9 Å². The largest absolute Gasteiger partial charge is 0.379 e. The Labute approximate surface area is 272 Å². The van der Waals surface area contributed by atoms with Crippen LogP contribution in [0.15, 0.2) is 83.9 Å². The number of carbonyl (C=O) groups excluding carboxylic acids is 2. The predicted octanol–water partition coefficient (Wildman–Crippen LogP) is 6.88. The molecule has 3 atom stereocenters. The van der Waals surface area contributed by atoms with Crippen LogP contribution in [-0.4, -0.2) is 70.7 Å². The Morgan fingerprint density at radius 2 is 1.80 bits per heavy atom. The number of nitrogens with one attached hydrogen (secondary N) is 2. The van der Waals surface area contributed by atoms with Crippen molar-refractivity contribution in [3.63, 3.8) is 0 Å². The highest BCUT2D eigenvalue weighted by Crippen LogP contribution is 2.56. The Kier molecular flexibility index (Phi) is 9.54. The molecule has 6 rings (SSSR count). The fourth-order valence-electron chi connectivity index (χ4n) is 6.39. The summed E-state index contributed by atoms with van der Waals surface area (Å²) in [6.45, 7) is 6.71. The van der Waals surface area contributed by atoms with Crippen LogP contribution in [0.4, 0.5) is 0 Å². The van der Waals surface area contributed by atoms with Crippen LogP contribution >= 0.6 is 35.0 Å². The maximum absolute atomic E-state index is 14.6. The Bertz CT molecular complexity index is 1610. The maximum Gasteiger partial charge on any atom is 0.239 e. The number of aromatic amines is 1. The molecule has 3 heterocycles. The molecule has 44 heavy (non-hydrogen) atoms. The number of thioether (sulfide) groups is 1. The van der Waals surface area contributed by atoms with Crippen molar-refractivity contribution in [2.75, 3.05) is 39.4 Å². The third-order valence-electron chi connectivity index (χ3n) is 8.63. The molecule has 7 nitrogen and oxygen atoms in total. The van der Waals surface area contributed by atoms with E-state index >= 15 is 0 Å². The van der Waals surface area contributed by atoms with E-state index in [1.165, 1.54) is 11.8 Å². The van der Waals surface area contributed by atoms with Crippen molar-refractivity contribution in [1.29, 1.82) is 0 Å². The highest BCUT2D eigenvalue weighted by Gasteiger charge is 2.59. The van der Waals surface area contributed by atoms with Crippen molar-refractivity contribution >= 4 is 57.7 Å². The summed E-state index contributed by atoms with van der Waals surface area (Å²) in [5.74, 6) is -0.214. The van der Waals surface area contributed by atoms with Crippen LogP contribution in [-0.2, 0) is 14.3 Å². The van der Waals surface area contributed by atoms with Gasteiger partial charge in [-0.2, -0.15) is 0 Å². The third-order valence-corrected chi connectivity index (χ3v) is 10.5. The molecule has 2 fully saturated rings. The minimum absolute atomic E-state index is 0.0602. The van der Waals surface area contributed by atoms with E-state index in [-0.39, 0.29) is 24.3 Å². The summed E-state index contributed by atoms with van der Waals surface area (Å²) in [6, 6.07) is 22.3. The summed E-state index contributed by atoms with van der Waals surface area (Å²) in [4.78, 5) is 37.4. The summed E-state index contributed by atoms with van der Waals surface area (Å²) in [7, 11) is 0. The number of rotatable bonds is 10. The molecule has 2 saturated heterocycles. The van der Waals surface area contributed by atoms with Crippen molar-refractivity contribution < 1.29 is 14.3 Å². The smallest absolute Gasteiger partial charge is 0.239 e. The number of halogens is 2. The lowest BCUT2D eigenvalue weighted by Gasteiger charge is -2.39. The zero-order valence-electron chi connectivity index (χ0n) is 24.6. The number of hydrogen-bond acceptors (Lipinski definition) is 5. The van der Waals surface area contributed by atoms with Gasteiger partial charge < -0.3 is 19.9 Å². The van der Waals surface area contributed by atoms with Crippen LogP contribution in [0.3, 0.4) is 0 Å². The van der Waals surface area contributed by atoms with Gasteiger partial charge in [0.2, 0.25) is 11.8 Å². The van der Waals surface area contributed by atoms with Gasteiger partial charge in [0, 0.05) is 57.2 Å². The van der Waals surface area contributed by atoms with Crippen LogP contribution in [0.5, 0.6) is 0 Å². The molecule has 230 valence electrons. The number of H-pyrrole nitrogens is 1. The molecule has 2 aliphatic heterocycles. The number of hydrogen-bond donors (Lipinski definition) is 2. The number of ether oxygens (including phenoxy) is 1. The molecule has 2 aliphatic rings. The minimum atomic E-state index is -1.13. The third kappa shape index (κ3) is 6.37. The second kappa shape index (κ2) is 13.5. The molecule has 2 N–H and O–H groups in total. The monoisotopic (exact) mass is 650 g/mol. The fourth-order valence-corrected chi connectivity index (χ4v) is 8.12. The van der Waals surface area contributed by atoms with Crippen LogP contribution in [0.1, 0.15) is 43.0 Å². The van der Waals surface area contributed by atoms with E-state index in [4.69, 9.17) is 27.9 Å². The second-order valence-corrected chi connectivity index (χ2v) is 13.7. The van der Waals surface area contributed by atoms with Crippen molar-refractivity contribution in [1.82, 2.24) is 20.1 Å². The number of morpholine rings is 1. The van der Waals surface area contributed by atoms with Gasteiger partial charge >= 0.3 is 0 Å². The molecule has 3 aromatic carbocycles. The SMILES string of the molecule is C[C@@H](c1ccc(Cl)cc1)N1C(=O)C[C@](Sc2ccccc2)(C(=O)NCCCN2CCOCC2)[C@@H]1c1c[nH]c2cc(Cl)ccc12. The van der Waals surface area contributed by atoms with Gasteiger partial charge in [0.1, 0.15) is 4.75 Å². The Morgan fingerprint density at radius 1 is 1.07 bits per heavy atom. The Morgan fingerprint density at radius 3 is 2.55 bits per heavy atom. The summed E-state index contributed by atoms with van der Waals surface area (Å²) in [5, 5.41) is 5.43. The number of fused-ring (bicyclic) bond motifs is 1. The molecule has 0 radical (unpaired) electrons. The zero-order chi connectivity index (χ0) is 30.7. The lowest BCUT2D eigenvalue weighted by Crippen LogP contribution is -2.49. The number of carbonyl (C=O) groups is 2. The standard InChI is InChI=1S/C34H36Cl2N4O3S/c1-23(24-8-10-25(35)11-9-24)40-31(41)21-34(44-27-6-3-2-4-7-27,33(42)37-14-5-15-39-16-18-43-19-17-39)32(40)29-22-38-30-20-26(36)12-13-28(29)30/h2-4,6-13,20,22-23,32,38H,5,14-19,21H2,1H3,(H,37,42)/t23-,32-,34+/m0/s1. The fraction of sp³-hybridized carbons (Fsp3) is 0.353. The normalized spacial score (nSPS) is 21.6. The van der Waals surface area contributed by atoms with Gasteiger partial charge in [0.05, 0.1) is 31.7 Å². The van der Waals surface area contributed by atoms with Crippen LogP contribution in [0, 0.1) is 0 Å². The molecule has 0 unspecified atom stereocenters.